The van der Waals surface area contributed by atoms with Gasteiger partial charge in [0.15, 0.2) is 0 Å². The first-order valence-corrected chi connectivity index (χ1v) is 7.68. The minimum Gasteiger partial charge on any atom is -0.478 e. The van der Waals surface area contributed by atoms with Crippen molar-refractivity contribution < 1.29 is 27.8 Å². The number of carboxylic acids is 1. The first-order valence-electron chi connectivity index (χ1n) is 7.30. The smallest absolute Gasteiger partial charge is 0.443 e. The summed E-state index contributed by atoms with van der Waals surface area (Å²) < 4.78 is 46.0. The number of pyridine rings is 1. The summed E-state index contributed by atoms with van der Waals surface area (Å²) in [6.07, 6.45) is -2.22. The lowest BCUT2D eigenvalue weighted by Gasteiger charge is -2.32. The molecule has 5 nitrogen and oxygen atoms in total. The molecule has 1 aliphatic rings. The highest BCUT2D eigenvalue weighted by atomic mass is 35.5. The van der Waals surface area contributed by atoms with Crippen LogP contribution in [-0.2, 0) is 11.3 Å². The molecule has 0 radical (unpaired) electrons. The number of aromatic nitrogens is 1. The second kappa shape index (κ2) is 6.21. The van der Waals surface area contributed by atoms with Gasteiger partial charge in [0.25, 0.3) is 5.56 Å². The topological polar surface area (TPSA) is 68.5 Å². The van der Waals surface area contributed by atoms with E-state index in [1.807, 2.05) is 0 Å². The Morgan fingerprint density at radius 2 is 2.04 bits per heavy atom. The molecule has 2 aromatic rings. The van der Waals surface area contributed by atoms with Crippen molar-refractivity contribution in [2.75, 3.05) is 0 Å². The fourth-order valence-electron chi connectivity index (χ4n) is 2.53. The third-order valence-electron chi connectivity index (χ3n) is 3.93. The third-order valence-corrected chi connectivity index (χ3v) is 4.28. The monoisotopic (exact) mass is 385 g/mol. The summed E-state index contributed by atoms with van der Waals surface area (Å²) in [5.41, 5.74) is -3.28. The molecule has 1 aromatic carbocycles. The zero-order chi connectivity index (χ0) is 19.1. The minimum atomic E-state index is -5.16. The third kappa shape index (κ3) is 2.96. The molecule has 1 aromatic heterocycles. The Hall–Kier alpha value is -2.74. The molecular weight excluding hydrogens is 375 g/mol. The highest BCUT2D eigenvalue weighted by molar-refractivity contribution is 6.31. The van der Waals surface area contributed by atoms with Gasteiger partial charge in [0.1, 0.15) is 5.75 Å². The maximum atomic E-state index is 13.3. The average molecular weight is 386 g/mol. The Balaban J connectivity index is 2.05. The van der Waals surface area contributed by atoms with Gasteiger partial charge in [-0.05, 0) is 29.8 Å². The van der Waals surface area contributed by atoms with Gasteiger partial charge in [-0.25, -0.2) is 4.79 Å². The van der Waals surface area contributed by atoms with E-state index in [2.05, 4.69) is 0 Å². The number of benzene rings is 1. The standard InChI is InChI=1S/C17H11ClF3NO4/c18-12-7-10-4-5-16(15(24)25,17(19,20)21)26-13(10)8-11(12)9-22-6-2-1-3-14(22)23/h1-8H,9H2,(H,24,25). The molecule has 0 bridgehead atoms. The van der Waals surface area contributed by atoms with Crippen LogP contribution in [0.15, 0.2) is 47.4 Å². The summed E-state index contributed by atoms with van der Waals surface area (Å²) in [4.78, 5) is 23.1. The molecule has 0 amide bonds. The molecule has 0 saturated heterocycles. The van der Waals surface area contributed by atoms with Crippen molar-refractivity contribution in [1.82, 2.24) is 4.57 Å². The number of nitrogens with zero attached hydrogens (tertiary/aromatic N) is 1. The summed E-state index contributed by atoms with van der Waals surface area (Å²) in [6.45, 7) is -0.00898. The van der Waals surface area contributed by atoms with Crippen LogP contribution >= 0.6 is 11.6 Å². The number of carboxylic acid groups (broad SMARTS) is 1. The van der Waals surface area contributed by atoms with E-state index in [-0.39, 0.29) is 28.4 Å². The number of fused-ring (bicyclic) bond motifs is 1. The Bertz CT molecular complexity index is 967. The lowest BCUT2D eigenvalue weighted by Crippen LogP contribution is -2.56. The zero-order valence-electron chi connectivity index (χ0n) is 13.0. The SMILES string of the molecule is O=C(O)C1(C(F)(F)F)C=Cc2cc(Cl)c(Cn3ccccc3=O)cc2O1. The largest absolute Gasteiger partial charge is 0.478 e. The molecule has 0 fully saturated rings. The van der Waals surface area contributed by atoms with E-state index in [1.54, 1.807) is 12.1 Å². The van der Waals surface area contributed by atoms with Crippen molar-refractivity contribution in [3.8, 4) is 5.75 Å². The summed E-state index contributed by atoms with van der Waals surface area (Å²) in [5.74, 6) is -2.46. The first kappa shape index (κ1) is 18.1. The van der Waals surface area contributed by atoms with E-state index in [4.69, 9.17) is 21.4 Å². The van der Waals surface area contributed by atoms with E-state index < -0.39 is 17.7 Å². The van der Waals surface area contributed by atoms with Crippen LogP contribution in [0.3, 0.4) is 0 Å². The number of rotatable bonds is 3. The zero-order valence-corrected chi connectivity index (χ0v) is 13.7. The molecular formula is C17H11ClF3NO4. The molecule has 3 rings (SSSR count). The van der Waals surface area contributed by atoms with E-state index in [1.165, 1.54) is 29.0 Å². The van der Waals surface area contributed by atoms with Crippen molar-refractivity contribution in [2.45, 2.75) is 18.3 Å². The van der Waals surface area contributed by atoms with Crippen LogP contribution in [0.4, 0.5) is 13.2 Å². The van der Waals surface area contributed by atoms with Gasteiger partial charge in [0.2, 0.25) is 0 Å². The van der Waals surface area contributed by atoms with Crippen LogP contribution in [0.25, 0.3) is 6.08 Å². The highest BCUT2D eigenvalue weighted by Gasteiger charge is 2.63. The van der Waals surface area contributed by atoms with E-state index in [9.17, 15) is 22.8 Å². The van der Waals surface area contributed by atoms with Crippen LogP contribution in [0.5, 0.6) is 5.75 Å². The molecule has 2 heterocycles. The van der Waals surface area contributed by atoms with E-state index in [0.717, 1.165) is 6.08 Å². The normalized spacial score (nSPS) is 18.9. The molecule has 26 heavy (non-hydrogen) atoms. The van der Waals surface area contributed by atoms with Gasteiger partial charge >= 0.3 is 17.7 Å². The Morgan fingerprint density at radius 1 is 1.31 bits per heavy atom. The van der Waals surface area contributed by atoms with Gasteiger partial charge in [0, 0.05) is 22.8 Å². The molecule has 1 unspecified atom stereocenters. The molecule has 1 aliphatic heterocycles. The van der Waals surface area contributed by atoms with Crippen LogP contribution in [0, 0.1) is 0 Å². The molecule has 0 saturated carbocycles. The summed E-state index contributed by atoms with van der Waals surface area (Å²) >= 11 is 6.14. The molecule has 1 N–H and O–H groups in total. The number of hydrogen-bond acceptors (Lipinski definition) is 3. The predicted molar refractivity (Wildman–Crippen MR) is 87.3 cm³/mol. The Labute approximate surface area is 149 Å². The average Bonchev–Trinajstić information content (AvgIpc) is 2.56. The second-order valence-corrected chi connectivity index (χ2v) is 6.03. The summed E-state index contributed by atoms with van der Waals surface area (Å²) in [6, 6.07) is 7.06. The number of aliphatic carboxylic acids is 1. The lowest BCUT2D eigenvalue weighted by molar-refractivity contribution is -0.235. The van der Waals surface area contributed by atoms with Crippen LogP contribution in [0.2, 0.25) is 5.02 Å². The van der Waals surface area contributed by atoms with Gasteiger partial charge in [-0.1, -0.05) is 23.7 Å². The predicted octanol–water partition coefficient (Wildman–Crippen LogP) is 3.34. The summed E-state index contributed by atoms with van der Waals surface area (Å²) in [7, 11) is 0. The summed E-state index contributed by atoms with van der Waals surface area (Å²) in [5, 5.41) is 9.29. The van der Waals surface area contributed by atoms with E-state index >= 15 is 0 Å². The molecule has 136 valence electrons. The van der Waals surface area contributed by atoms with Crippen molar-refractivity contribution in [1.29, 1.82) is 0 Å². The first-order chi connectivity index (χ1) is 12.1. The fourth-order valence-corrected chi connectivity index (χ4v) is 2.76. The highest BCUT2D eigenvalue weighted by Crippen LogP contribution is 2.42. The minimum absolute atomic E-state index is 0.00898. The van der Waals surface area contributed by atoms with E-state index in [0.29, 0.717) is 11.6 Å². The maximum absolute atomic E-state index is 13.3. The van der Waals surface area contributed by atoms with Gasteiger partial charge in [-0.2, -0.15) is 13.2 Å². The molecule has 0 aliphatic carbocycles. The number of ether oxygens (including phenoxy) is 1. The van der Waals surface area contributed by atoms with Gasteiger partial charge in [-0.3, -0.25) is 4.79 Å². The van der Waals surface area contributed by atoms with Crippen molar-refractivity contribution >= 4 is 23.6 Å². The van der Waals surface area contributed by atoms with Crippen molar-refractivity contribution in [3.05, 3.63) is 69.1 Å². The van der Waals surface area contributed by atoms with Crippen molar-refractivity contribution in [3.63, 3.8) is 0 Å². The number of alkyl halides is 3. The van der Waals surface area contributed by atoms with Crippen LogP contribution in [-0.4, -0.2) is 27.4 Å². The quantitative estimate of drug-likeness (QED) is 0.880. The van der Waals surface area contributed by atoms with Gasteiger partial charge in [-0.15, -0.1) is 0 Å². The van der Waals surface area contributed by atoms with Crippen LogP contribution in [0.1, 0.15) is 11.1 Å². The number of halogens is 4. The second-order valence-electron chi connectivity index (χ2n) is 5.62. The lowest BCUT2D eigenvalue weighted by atomic mass is 9.97. The Kier molecular flexibility index (Phi) is 4.31. The Morgan fingerprint density at radius 3 is 2.65 bits per heavy atom. The molecule has 9 heteroatoms. The number of hydrogen-bond donors (Lipinski definition) is 1. The number of carbonyl (C=O) groups is 1. The van der Waals surface area contributed by atoms with Gasteiger partial charge in [0.05, 0.1) is 6.54 Å². The van der Waals surface area contributed by atoms with Gasteiger partial charge < -0.3 is 14.4 Å². The fraction of sp³-hybridized carbons (Fsp3) is 0.176. The molecule has 1 atom stereocenters. The van der Waals surface area contributed by atoms with Crippen LogP contribution < -0.4 is 10.3 Å². The van der Waals surface area contributed by atoms with Crippen molar-refractivity contribution in [2.24, 2.45) is 0 Å². The maximum Gasteiger partial charge on any atom is 0.443 e. The molecule has 0 spiro atoms.